The number of anilines is 1. The van der Waals surface area contributed by atoms with Crippen molar-refractivity contribution in [1.82, 2.24) is 5.32 Å². The number of hydrogen-bond acceptors (Lipinski definition) is 2. The zero-order chi connectivity index (χ0) is 17.5. The summed E-state index contributed by atoms with van der Waals surface area (Å²) in [5.74, 6) is 0.533. The lowest BCUT2D eigenvalue weighted by Crippen LogP contribution is -2.25. The van der Waals surface area contributed by atoms with Crippen molar-refractivity contribution in [3.63, 3.8) is 0 Å². The molecule has 0 fully saturated rings. The van der Waals surface area contributed by atoms with Gasteiger partial charge in [-0.05, 0) is 36.5 Å². The molecule has 3 nitrogen and oxygen atoms in total. The van der Waals surface area contributed by atoms with Gasteiger partial charge in [0.2, 0.25) is 5.91 Å². The molecule has 3 heteroatoms. The van der Waals surface area contributed by atoms with Gasteiger partial charge >= 0.3 is 0 Å². The summed E-state index contributed by atoms with van der Waals surface area (Å²) in [4.78, 5) is 12.0. The second-order valence-corrected chi connectivity index (χ2v) is 6.63. The topological polar surface area (TPSA) is 41.1 Å². The Hall–Kier alpha value is -2.29. The van der Waals surface area contributed by atoms with E-state index in [1.807, 2.05) is 0 Å². The van der Waals surface area contributed by atoms with Crippen LogP contribution in [0.3, 0.4) is 0 Å². The average Bonchev–Trinajstić information content (AvgIpc) is 2.55. The standard InChI is InChI=1S/C21H28N2O/c1-15(2)19-7-5-6-17(4)21(19)22-13-12-20(24)23-14-18-10-8-16(3)9-11-18/h5-11,15,22H,12-14H2,1-4H3,(H,23,24). The molecule has 2 aromatic rings. The van der Waals surface area contributed by atoms with Gasteiger partial charge in [0.1, 0.15) is 0 Å². The molecule has 0 saturated heterocycles. The molecule has 24 heavy (non-hydrogen) atoms. The van der Waals surface area contributed by atoms with Crippen LogP contribution >= 0.6 is 0 Å². The summed E-state index contributed by atoms with van der Waals surface area (Å²) >= 11 is 0. The van der Waals surface area contributed by atoms with Gasteiger partial charge in [-0.25, -0.2) is 0 Å². The smallest absolute Gasteiger partial charge is 0.222 e. The van der Waals surface area contributed by atoms with Crippen LogP contribution in [0.15, 0.2) is 42.5 Å². The summed E-state index contributed by atoms with van der Waals surface area (Å²) in [6.07, 6.45) is 0.470. The number of rotatable bonds is 7. The highest BCUT2D eigenvalue weighted by Crippen LogP contribution is 2.27. The average molecular weight is 324 g/mol. The van der Waals surface area contributed by atoms with E-state index >= 15 is 0 Å². The lowest BCUT2D eigenvalue weighted by Gasteiger charge is -2.17. The number of amides is 1. The van der Waals surface area contributed by atoms with Crippen molar-refractivity contribution in [2.45, 2.75) is 46.6 Å². The second-order valence-electron chi connectivity index (χ2n) is 6.63. The van der Waals surface area contributed by atoms with E-state index < -0.39 is 0 Å². The van der Waals surface area contributed by atoms with E-state index in [4.69, 9.17) is 0 Å². The van der Waals surface area contributed by atoms with Gasteiger partial charge in [0, 0.05) is 25.2 Å². The second kappa shape index (κ2) is 8.53. The molecule has 0 atom stereocenters. The van der Waals surface area contributed by atoms with E-state index in [9.17, 15) is 4.79 Å². The van der Waals surface area contributed by atoms with E-state index in [1.165, 1.54) is 22.4 Å². The van der Waals surface area contributed by atoms with Crippen molar-refractivity contribution in [3.05, 3.63) is 64.7 Å². The summed E-state index contributed by atoms with van der Waals surface area (Å²) in [6.45, 7) is 9.77. The molecule has 0 aliphatic carbocycles. The van der Waals surface area contributed by atoms with Crippen LogP contribution < -0.4 is 10.6 Å². The van der Waals surface area contributed by atoms with Gasteiger partial charge in [-0.1, -0.05) is 61.9 Å². The Labute approximate surface area is 145 Å². The van der Waals surface area contributed by atoms with Crippen LogP contribution in [0.1, 0.15) is 48.4 Å². The quantitative estimate of drug-likeness (QED) is 0.785. The molecule has 0 unspecified atom stereocenters. The fraction of sp³-hybridized carbons (Fsp3) is 0.381. The number of nitrogens with one attached hydrogen (secondary N) is 2. The maximum Gasteiger partial charge on any atom is 0.222 e. The molecule has 0 radical (unpaired) electrons. The first kappa shape index (κ1) is 18.1. The predicted molar refractivity (Wildman–Crippen MR) is 101 cm³/mol. The molecule has 1 amide bonds. The van der Waals surface area contributed by atoms with Gasteiger partial charge in [0.05, 0.1) is 0 Å². The highest BCUT2D eigenvalue weighted by Gasteiger charge is 2.09. The van der Waals surface area contributed by atoms with Crippen LogP contribution in [0.25, 0.3) is 0 Å². The summed E-state index contributed by atoms with van der Waals surface area (Å²) in [6, 6.07) is 14.6. The van der Waals surface area contributed by atoms with Gasteiger partial charge in [-0.3, -0.25) is 4.79 Å². The fourth-order valence-corrected chi connectivity index (χ4v) is 2.71. The van der Waals surface area contributed by atoms with Crippen LogP contribution in [0.5, 0.6) is 0 Å². The minimum atomic E-state index is 0.0720. The molecule has 0 saturated carbocycles. The van der Waals surface area contributed by atoms with Crippen LogP contribution in [-0.2, 0) is 11.3 Å². The van der Waals surface area contributed by atoms with Crippen molar-refractivity contribution < 1.29 is 4.79 Å². The van der Waals surface area contributed by atoms with E-state index in [0.29, 0.717) is 25.4 Å². The number of carbonyl (C=O) groups is 1. The zero-order valence-electron chi connectivity index (χ0n) is 15.1. The van der Waals surface area contributed by atoms with E-state index in [0.717, 1.165) is 5.56 Å². The minimum Gasteiger partial charge on any atom is -0.384 e. The number of benzene rings is 2. The number of aryl methyl sites for hydroxylation is 2. The normalized spacial score (nSPS) is 10.7. The monoisotopic (exact) mass is 324 g/mol. The van der Waals surface area contributed by atoms with Crippen LogP contribution in [0, 0.1) is 13.8 Å². The van der Waals surface area contributed by atoms with Crippen molar-refractivity contribution >= 4 is 11.6 Å². The van der Waals surface area contributed by atoms with Crippen LogP contribution in [-0.4, -0.2) is 12.5 Å². The molecule has 0 aliphatic rings. The Kier molecular flexibility index (Phi) is 6.42. The summed E-state index contributed by atoms with van der Waals surface area (Å²) in [5, 5.41) is 6.42. The molecule has 2 aromatic carbocycles. The molecular weight excluding hydrogens is 296 g/mol. The molecule has 2 rings (SSSR count). The first-order chi connectivity index (χ1) is 11.5. The third kappa shape index (κ3) is 5.12. The molecule has 0 aliphatic heterocycles. The van der Waals surface area contributed by atoms with Gasteiger partial charge < -0.3 is 10.6 Å². The first-order valence-electron chi connectivity index (χ1n) is 8.63. The Bertz CT molecular complexity index is 675. The lowest BCUT2D eigenvalue weighted by atomic mass is 9.98. The summed E-state index contributed by atoms with van der Waals surface area (Å²) in [5.41, 5.74) is 6.05. The predicted octanol–water partition coefficient (Wildman–Crippen LogP) is 4.55. The zero-order valence-corrected chi connectivity index (χ0v) is 15.1. The Balaban J connectivity index is 1.82. The van der Waals surface area contributed by atoms with Crippen molar-refractivity contribution in [2.75, 3.05) is 11.9 Å². The summed E-state index contributed by atoms with van der Waals surface area (Å²) in [7, 11) is 0. The fourth-order valence-electron chi connectivity index (χ4n) is 2.71. The SMILES string of the molecule is Cc1ccc(CNC(=O)CCNc2c(C)cccc2C(C)C)cc1. The third-order valence-electron chi connectivity index (χ3n) is 4.19. The van der Waals surface area contributed by atoms with Gasteiger partial charge in [-0.15, -0.1) is 0 Å². The van der Waals surface area contributed by atoms with Crippen molar-refractivity contribution in [1.29, 1.82) is 0 Å². The van der Waals surface area contributed by atoms with Gasteiger partial charge in [0.25, 0.3) is 0 Å². The molecule has 0 aromatic heterocycles. The maximum atomic E-state index is 12.0. The highest BCUT2D eigenvalue weighted by atomic mass is 16.1. The molecule has 0 heterocycles. The Morgan fingerprint density at radius 2 is 1.75 bits per heavy atom. The van der Waals surface area contributed by atoms with Crippen molar-refractivity contribution in [2.24, 2.45) is 0 Å². The van der Waals surface area contributed by atoms with Crippen molar-refractivity contribution in [3.8, 4) is 0 Å². The van der Waals surface area contributed by atoms with E-state index in [-0.39, 0.29) is 5.91 Å². The lowest BCUT2D eigenvalue weighted by molar-refractivity contribution is -0.121. The number of para-hydroxylation sites is 1. The molecule has 0 bridgehead atoms. The van der Waals surface area contributed by atoms with E-state index in [1.54, 1.807) is 0 Å². The van der Waals surface area contributed by atoms with Crippen LogP contribution in [0.4, 0.5) is 5.69 Å². The highest BCUT2D eigenvalue weighted by molar-refractivity contribution is 5.76. The molecule has 0 spiro atoms. The molecule has 2 N–H and O–H groups in total. The van der Waals surface area contributed by atoms with Gasteiger partial charge in [-0.2, -0.15) is 0 Å². The summed E-state index contributed by atoms with van der Waals surface area (Å²) < 4.78 is 0. The maximum absolute atomic E-state index is 12.0. The first-order valence-corrected chi connectivity index (χ1v) is 8.63. The van der Waals surface area contributed by atoms with Crippen LogP contribution in [0.2, 0.25) is 0 Å². The number of hydrogen-bond donors (Lipinski definition) is 2. The Morgan fingerprint density at radius 3 is 2.42 bits per heavy atom. The molecule has 128 valence electrons. The minimum absolute atomic E-state index is 0.0720. The largest absolute Gasteiger partial charge is 0.384 e. The molecular formula is C21H28N2O. The third-order valence-corrected chi connectivity index (χ3v) is 4.19. The Morgan fingerprint density at radius 1 is 1.04 bits per heavy atom. The number of carbonyl (C=O) groups excluding carboxylic acids is 1. The van der Waals surface area contributed by atoms with Gasteiger partial charge in [0.15, 0.2) is 0 Å². The van der Waals surface area contributed by atoms with E-state index in [2.05, 4.69) is 80.8 Å².